The Morgan fingerprint density at radius 2 is 1.38 bits per heavy atom. The van der Waals surface area contributed by atoms with Crippen LogP contribution in [-0.4, -0.2) is 19.1 Å². The molecule has 2 N–H and O–H groups in total. The quantitative estimate of drug-likeness (QED) is 0.474. The lowest BCUT2D eigenvalue weighted by atomic mass is 10.6. The lowest BCUT2D eigenvalue weighted by molar-refractivity contribution is -0.114. The van der Waals surface area contributed by atoms with Crippen LogP contribution < -0.4 is 0 Å². The fourth-order valence-electron chi connectivity index (χ4n) is 0. The molecular weight excluding hydrogens is 132 g/mol. The Bertz CT molecular complexity index is 69.3. The highest BCUT2D eigenvalue weighted by molar-refractivity contribution is 7.73. The fourth-order valence-corrected chi connectivity index (χ4v) is 0. The molecule has 4 nitrogen and oxygen atoms in total. The first-order valence-electron chi connectivity index (χ1n) is 1.74. The van der Waals surface area contributed by atoms with E-state index in [9.17, 15) is 4.79 Å². The zero-order valence-electron chi connectivity index (χ0n) is 4.62. The van der Waals surface area contributed by atoms with Gasteiger partial charge in [-0.2, -0.15) is 4.21 Å². The Balaban J connectivity index is 0. The Hall–Kier alpha value is -0.260. The van der Waals surface area contributed by atoms with Gasteiger partial charge in [0.05, 0.1) is 0 Å². The molecule has 0 rings (SSSR count). The van der Waals surface area contributed by atoms with Crippen LogP contribution in [-0.2, 0) is 16.2 Å². The Kier molecular flexibility index (Phi) is 8.99. The van der Waals surface area contributed by atoms with Crippen molar-refractivity contribution in [1.82, 2.24) is 0 Å². The molecule has 50 valence electrons. The SMILES string of the molecule is CC(C)=O.O=S(O)O. The molecule has 5 heteroatoms. The predicted molar refractivity (Wildman–Crippen MR) is 29.8 cm³/mol. The van der Waals surface area contributed by atoms with Crippen molar-refractivity contribution in [3.05, 3.63) is 0 Å². The number of ketones is 1. The van der Waals surface area contributed by atoms with Gasteiger partial charge in [-0.15, -0.1) is 0 Å². The molecule has 0 aromatic heterocycles. The van der Waals surface area contributed by atoms with E-state index in [4.69, 9.17) is 13.3 Å². The van der Waals surface area contributed by atoms with Gasteiger partial charge >= 0.3 is 0 Å². The number of carbonyl (C=O) groups is 1. The first-order chi connectivity index (χ1) is 3.46. The predicted octanol–water partition coefficient (Wildman–Crippen LogP) is 0.276. The highest BCUT2D eigenvalue weighted by atomic mass is 32.2. The van der Waals surface area contributed by atoms with Crippen LogP contribution in [0.4, 0.5) is 0 Å². The van der Waals surface area contributed by atoms with Crippen LogP contribution in [0.5, 0.6) is 0 Å². The summed E-state index contributed by atoms with van der Waals surface area (Å²) in [7, 11) is 0. The maximum absolute atomic E-state index is 9.44. The van der Waals surface area contributed by atoms with Crippen molar-refractivity contribution in [2.45, 2.75) is 13.8 Å². The summed E-state index contributed by atoms with van der Waals surface area (Å²) in [4.78, 5) is 9.44. The van der Waals surface area contributed by atoms with Crippen LogP contribution in [0.1, 0.15) is 13.8 Å². The Labute approximate surface area is 50.0 Å². The lowest BCUT2D eigenvalue weighted by Gasteiger charge is -1.59. The van der Waals surface area contributed by atoms with Crippen LogP contribution in [0.3, 0.4) is 0 Å². The van der Waals surface area contributed by atoms with Crippen LogP contribution in [0.15, 0.2) is 0 Å². The summed E-state index contributed by atoms with van der Waals surface area (Å²) in [5.41, 5.74) is 0. The van der Waals surface area contributed by atoms with Gasteiger partial charge in [0.15, 0.2) is 0 Å². The average molecular weight is 140 g/mol. The molecule has 0 bridgehead atoms. The Morgan fingerprint density at radius 3 is 1.38 bits per heavy atom. The second kappa shape index (κ2) is 6.74. The first kappa shape index (κ1) is 10.7. The molecule has 0 aromatic carbocycles. The maximum Gasteiger partial charge on any atom is 0.299 e. The number of Topliss-reactive ketones (excluding diaryl/α,β-unsaturated/α-hetero) is 1. The van der Waals surface area contributed by atoms with E-state index in [-0.39, 0.29) is 5.78 Å². The van der Waals surface area contributed by atoms with Crippen LogP contribution in [0, 0.1) is 0 Å². The molecule has 0 amide bonds. The van der Waals surface area contributed by atoms with Crippen molar-refractivity contribution in [1.29, 1.82) is 0 Å². The molecule has 0 aliphatic heterocycles. The van der Waals surface area contributed by atoms with Crippen molar-refractivity contribution in [3.63, 3.8) is 0 Å². The molecule has 0 aromatic rings. The Morgan fingerprint density at radius 1 is 1.38 bits per heavy atom. The number of carbonyl (C=O) groups excluding carboxylic acids is 1. The third kappa shape index (κ3) is 1910. The van der Waals surface area contributed by atoms with E-state index < -0.39 is 11.4 Å². The maximum atomic E-state index is 9.44. The zero-order chi connectivity index (χ0) is 7.15. The molecule has 0 aliphatic carbocycles. The summed E-state index contributed by atoms with van der Waals surface area (Å²) in [5, 5.41) is 0. The summed E-state index contributed by atoms with van der Waals surface area (Å²) in [5.74, 6) is 0.167. The second-order valence-electron chi connectivity index (χ2n) is 1.14. The largest absolute Gasteiger partial charge is 0.300 e. The van der Waals surface area contributed by atoms with Crippen LogP contribution in [0.2, 0.25) is 0 Å². The monoisotopic (exact) mass is 140 g/mol. The second-order valence-corrected chi connectivity index (χ2v) is 1.60. The van der Waals surface area contributed by atoms with Gasteiger partial charge in [-0.25, -0.2) is 0 Å². The fraction of sp³-hybridized carbons (Fsp3) is 0.667. The van der Waals surface area contributed by atoms with E-state index in [1.165, 1.54) is 13.8 Å². The van der Waals surface area contributed by atoms with E-state index in [0.717, 1.165) is 0 Å². The van der Waals surface area contributed by atoms with Crippen LogP contribution in [0.25, 0.3) is 0 Å². The molecule has 0 atom stereocenters. The molecule has 8 heavy (non-hydrogen) atoms. The summed E-state index contributed by atoms with van der Waals surface area (Å²) >= 11 is -2.61. The van der Waals surface area contributed by atoms with Gasteiger partial charge in [0.1, 0.15) is 5.78 Å². The minimum Gasteiger partial charge on any atom is -0.300 e. The minimum absolute atomic E-state index is 0.167. The van der Waals surface area contributed by atoms with E-state index in [1.54, 1.807) is 0 Å². The molecule has 0 saturated carbocycles. The molecule has 0 heterocycles. The summed E-state index contributed by atoms with van der Waals surface area (Å²) in [6, 6.07) is 0. The van der Waals surface area contributed by atoms with Gasteiger partial charge in [0.25, 0.3) is 11.4 Å². The number of hydrogen-bond acceptors (Lipinski definition) is 2. The van der Waals surface area contributed by atoms with Gasteiger partial charge in [0.2, 0.25) is 0 Å². The van der Waals surface area contributed by atoms with Gasteiger partial charge < -0.3 is 4.79 Å². The third-order valence-electron chi connectivity index (χ3n) is 0. The van der Waals surface area contributed by atoms with Crippen LogP contribution >= 0.6 is 0 Å². The molecule has 0 aliphatic rings. The molecule has 0 spiro atoms. The number of hydrogen-bond donors (Lipinski definition) is 2. The van der Waals surface area contributed by atoms with Gasteiger partial charge in [-0.05, 0) is 13.8 Å². The molecule has 0 saturated heterocycles. The van der Waals surface area contributed by atoms with Gasteiger partial charge in [-0.1, -0.05) is 0 Å². The van der Waals surface area contributed by atoms with Crippen molar-refractivity contribution >= 4 is 17.1 Å². The summed E-state index contributed by atoms with van der Waals surface area (Å²) in [6.07, 6.45) is 0. The van der Waals surface area contributed by atoms with E-state index in [1.807, 2.05) is 0 Å². The van der Waals surface area contributed by atoms with Crippen molar-refractivity contribution in [2.24, 2.45) is 0 Å². The van der Waals surface area contributed by atoms with Crippen molar-refractivity contribution in [3.8, 4) is 0 Å². The normalized spacial score (nSPS) is 7.62. The van der Waals surface area contributed by atoms with E-state index in [2.05, 4.69) is 0 Å². The zero-order valence-corrected chi connectivity index (χ0v) is 5.44. The van der Waals surface area contributed by atoms with E-state index >= 15 is 0 Å². The van der Waals surface area contributed by atoms with Gasteiger partial charge in [0, 0.05) is 0 Å². The van der Waals surface area contributed by atoms with Crippen molar-refractivity contribution < 1.29 is 18.1 Å². The van der Waals surface area contributed by atoms with E-state index in [0.29, 0.717) is 0 Å². The first-order valence-corrected chi connectivity index (χ1v) is 2.80. The standard InChI is InChI=1S/C3H6O.H2O3S/c1-3(2)4;1-4(2)3/h1-2H3;(H2,1,2,3). The molecule has 0 unspecified atom stereocenters. The molecule has 0 radical (unpaired) electrons. The van der Waals surface area contributed by atoms with Crippen molar-refractivity contribution in [2.75, 3.05) is 0 Å². The summed E-state index contributed by atoms with van der Waals surface area (Å²) in [6.45, 7) is 3.06. The highest BCUT2D eigenvalue weighted by Crippen LogP contribution is 1.50. The lowest BCUT2D eigenvalue weighted by Crippen LogP contribution is -1.74. The smallest absolute Gasteiger partial charge is 0.299 e. The third-order valence-corrected chi connectivity index (χ3v) is 0. The molecular formula is C3H8O4S. The molecule has 0 fully saturated rings. The number of rotatable bonds is 0. The average Bonchev–Trinajstić information content (AvgIpc) is 1.25. The highest BCUT2D eigenvalue weighted by Gasteiger charge is 1.63. The van der Waals surface area contributed by atoms with Gasteiger partial charge in [-0.3, -0.25) is 9.11 Å². The summed E-state index contributed by atoms with van der Waals surface area (Å²) < 4.78 is 22.8. The minimum atomic E-state index is -2.61. The topological polar surface area (TPSA) is 74.6 Å².